The first kappa shape index (κ1) is 13.9. The van der Waals surface area contributed by atoms with E-state index in [-0.39, 0.29) is 5.69 Å². The fourth-order valence-electron chi connectivity index (χ4n) is 1.84. The van der Waals surface area contributed by atoms with Gasteiger partial charge in [-0.25, -0.2) is 18.7 Å². The van der Waals surface area contributed by atoms with E-state index in [2.05, 4.69) is 15.3 Å². The lowest BCUT2D eigenvalue weighted by Gasteiger charge is -2.06. The predicted molar refractivity (Wildman–Crippen MR) is 75.7 cm³/mol. The minimum absolute atomic E-state index is 0.169. The van der Waals surface area contributed by atoms with Gasteiger partial charge >= 0.3 is 0 Å². The van der Waals surface area contributed by atoms with Gasteiger partial charge in [-0.15, -0.1) is 0 Å². The summed E-state index contributed by atoms with van der Waals surface area (Å²) in [7, 11) is 0. The smallest absolute Gasteiger partial charge is 0.257 e. The molecule has 0 saturated carbocycles. The highest BCUT2D eigenvalue weighted by molar-refractivity contribution is 6.04. The number of benzene rings is 1. The van der Waals surface area contributed by atoms with Gasteiger partial charge in [0.1, 0.15) is 12.1 Å². The number of pyridine rings is 1. The molecule has 1 N–H and O–H groups in total. The van der Waals surface area contributed by atoms with Gasteiger partial charge in [-0.3, -0.25) is 9.36 Å². The fraction of sp³-hybridized carbons (Fsp3) is 0. The summed E-state index contributed by atoms with van der Waals surface area (Å²) in [4.78, 5) is 20.1. The first-order chi connectivity index (χ1) is 10.6. The number of nitrogens with zero attached hydrogens (tertiary/aromatic N) is 3. The van der Waals surface area contributed by atoms with Gasteiger partial charge in [0.2, 0.25) is 0 Å². The Kier molecular flexibility index (Phi) is 3.61. The minimum Gasteiger partial charge on any atom is -0.322 e. The standard InChI is InChI=1S/C15H10F2N4O/c16-12-3-2-11(7-13(12)17)20-15(22)10-1-4-14(19-8-10)21-6-5-18-9-21/h1-9H,(H,20,22). The number of anilines is 1. The lowest BCUT2D eigenvalue weighted by Crippen LogP contribution is -2.12. The van der Waals surface area contributed by atoms with Gasteiger partial charge in [0.05, 0.1) is 5.56 Å². The molecule has 0 aliphatic rings. The quantitative estimate of drug-likeness (QED) is 0.809. The van der Waals surface area contributed by atoms with Gasteiger partial charge in [0.15, 0.2) is 11.6 Å². The monoisotopic (exact) mass is 300 g/mol. The summed E-state index contributed by atoms with van der Waals surface area (Å²) < 4.78 is 27.6. The van der Waals surface area contributed by atoms with Gasteiger partial charge in [-0.2, -0.15) is 0 Å². The largest absolute Gasteiger partial charge is 0.322 e. The molecule has 110 valence electrons. The molecule has 0 bridgehead atoms. The van der Waals surface area contributed by atoms with Crippen molar-refractivity contribution >= 4 is 11.6 Å². The van der Waals surface area contributed by atoms with Crippen molar-refractivity contribution in [2.45, 2.75) is 0 Å². The highest BCUT2D eigenvalue weighted by Gasteiger charge is 2.09. The van der Waals surface area contributed by atoms with Crippen LogP contribution in [0.3, 0.4) is 0 Å². The number of imidazole rings is 1. The SMILES string of the molecule is O=C(Nc1ccc(F)c(F)c1)c1ccc(-n2ccnc2)nc1. The van der Waals surface area contributed by atoms with E-state index in [1.165, 1.54) is 12.3 Å². The fourth-order valence-corrected chi connectivity index (χ4v) is 1.84. The average Bonchev–Trinajstić information content (AvgIpc) is 3.05. The van der Waals surface area contributed by atoms with E-state index in [0.29, 0.717) is 11.4 Å². The van der Waals surface area contributed by atoms with Crippen molar-refractivity contribution in [1.29, 1.82) is 0 Å². The summed E-state index contributed by atoms with van der Waals surface area (Å²) >= 11 is 0. The molecule has 1 amide bonds. The van der Waals surface area contributed by atoms with Crippen LogP contribution in [0.2, 0.25) is 0 Å². The van der Waals surface area contributed by atoms with Crippen LogP contribution in [-0.4, -0.2) is 20.4 Å². The Morgan fingerprint density at radius 2 is 2.00 bits per heavy atom. The van der Waals surface area contributed by atoms with Crippen LogP contribution in [0.4, 0.5) is 14.5 Å². The molecule has 0 atom stereocenters. The zero-order valence-corrected chi connectivity index (χ0v) is 11.2. The molecule has 5 nitrogen and oxygen atoms in total. The van der Waals surface area contributed by atoms with Crippen LogP contribution in [0.15, 0.2) is 55.2 Å². The zero-order valence-electron chi connectivity index (χ0n) is 11.2. The first-order valence-electron chi connectivity index (χ1n) is 6.34. The Morgan fingerprint density at radius 3 is 2.64 bits per heavy atom. The maximum Gasteiger partial charge on any atom is 0.257 e. The second-order valence-corrected chi connectivity index (χ2v) is 4.46. The molecule has 0 saturated heterocycles. The number of nitrogens with one attached hydrogen (secondary N) is 1. The van der Waals surface area contributed by atoms with Crippen LogP contribution in [0.25, 0.3) is 5.82 Å². The van der Waals surface area contributed by atoms with Crippen molar-refractivity contribution in [3.8, 4) is 5.82 Å². The Labute approximate surface area is 124 Å². The van der Waals surface area contributed by atoms with Gasteiger partial charge in [0.25, 0.3) is 5.91 Å². The van der Waals surface area contributed by atoms with E-state index in [0.717, 1.165) is 12.1 Å². The van der Waals surface area contributed by atoms with Crippen LogP contribution >= 0.6 is 0 Å². The number of carbonyl (C=O) groups is 1. The number of halogens is 2. The van der Waals surface area contributed by atoms with Crippen LogP contribution in [0.5, 0.6) is 0 Å². The summed E-state index contributed by atoms with van der Waals surface area (Å²) in [6, 6.07) is 6.38. The molecule has 1 aromatic carbocycles. The molecule has 22 heavy (non-hydrogen) atoms. The minimum atomic E-state index is -1.02. The highest BCUT2D eigenvalue weighted by atomic mass is 19.2. The number of amides is 1. The summed E-state index contributed by atoms with van der Waals surface area (Å²) in [5.41, 5.74) is 0.469. The molecular weight excluding hydrogens is 290 g/mol. The third kappa shape index (κ3) is 2.83. The molecule has 0 aliphatic heterocycles. The first-order valence-corrected chi connectivity index (χ1v) is 6.34. The number of hydrogen-bond donors (Lipinski definition) is 1. The van der Waals surface area contributed by atoms with Crippen molar-refractivity contribution in [1.82, 2.24) is 14.5 Å². The summed E-state index contributed by atoms with van der Waals surface area (Å²) in [6.45, 7) is 0. The molecule has 0 aliphatic carbocycles. The van der Waals surface area contributed by atoms with E-state index in [9.17, 15) is 13.6 Å². The summed E-state index contributed by atoms with van der Waals surface area (Å²) in [6.07, 6.45) is 6.32. The molecule has 7 heteroatoms. The van der Waals surface area contributed by atoms with Crippen molar-refractivity contribution in [3.63, 3.8) is 0 Å². The van der Waals surface area contributed by atoms with Crippen LogP contribution < -0.4 is 5.32 Å². The topological polar surface area (TPSA) is 59.8 Å². The molecule has 3 aromatic rings. The lowest BCUT2D eigenvalue weighted by molar-refractivity contribution is 0.102. The van der Waals surface area contributed by atoms with Gasteiger partial charge in [-0.05, 0) is 24.3 Å². The average molecular weight is 300 g/mol. The maximum atomic E-state index is 13.1. The lowest BCUT2D eigenvalue weighted by atomic mass is 10.2. The molecule has 0 unspecified atom stereocenters. The number of rotatable bonds is 3. The van der Waals surface area contributed by atoms with Gasteiger partial charge < -0.3 is 5.32 Å². The van der Waals surface area contributed by atoms with E-state index in [4.69, 9.17) is 0 Å². The third-order valence-electron chi connectivity index (χ3n) is 2.96. The molecule has 2 heterocycles. The summed E-state index contributed by atoms with van der Waals surface area (Å²) in [5.74, 6) is -1.84. The second-order valence-electron chi connectivity index (χ2n) is 4.46. The van der Waals surface area contributed by atoms with Crippen LogP contribution in [-0.2, 0) is 0 Å². The molecule has 0 radical (unpaired) electrons. The van der Waals surface area contributed by atoms with Crippen molar-refractivity contribution < 1.29 is 13.6 Å². The van der Waals surface area contributed by atoms with Crippen LogP contribution in [0.1, 0.15) is 10.4 Å². The second kappa shape index (κ2) is 5.72. The summed E-state index contributed by atoms with van der Waals surface area (Å²) in [5, 5.41) is 2.48. The third-order valence-corrected chi connectivity index (χ3v) is 2.96. The zero-order chi connectivity index (χ0) is 15.5. The molecular formula is C15H10F2N4O. The van der Waals surface area contributed by atoms with Gasteiger partial charge in [0, 0.05) is 30.3 Å². The molecule has 3 rings (SSSR count). The molecule has 2 aromatic heterocycles. The Balaban J connectivity index is 1.76. The van der Waals surface area contributed by atoms with E-state index >= 15 is 0 Å². The Morgan fingerprint density at radius 1 is 1.14 bits per heavy atom. The van der Waals surface area contributed by atoms with Crippen molar-refractivity contribution in [2.75, 3.05) is 5.32 Å². The highest BCUT2D eigenvalue weighted by Crippen LogP contribution is 2.14. The van der Waals surface area contributed by atoms with Crippen molar-refractivity contribution in [2.24, 2.45) is 0 Å². The number of aromatic nitrogens is 3. The van der Waals surface area contributed by atoms with Gasteiger partial charge in [-0.1, -0.05) is 0 Å². The van der Waals surface area contributed by atoms with E-state index in [1.807, 2.05) is 0 Å². The normalized spacial score (nSPS) is 10.5. The molecule has 0 spiro atoms. The Hall–Kier alpha value is -3.09. The maximum absolute atomic E-state index is 13.1. The predicted octanol–water partition coefficient (Wildman–Crippen LogP) is 2.80. The Bertz CT molecular complexity index is 801. The van der Waals surface area contributed by atoms with E-state index < -0.39 is 17.5 Å². The van der Waals surface area contributed by atoms with Crippen molar-refractivity contribution in [3.05, 3.63) is 72.4 Å². The number of carbonyl (C=O) groups excluding carboxylic acids is 1. The molecule has 0 fully saturated rings. The van der Waals surface area contributed by atoms with Crippen LogP contribution in [0, 0.1) is 11.6 Å². The number of hydrogen-bond acceptors (Lipinski definition) is 3. The van der Waals surface area contributed by atoms with E-state index in [1.54, 1.807) is 35.4 Å².